The molecule has 0 fully saturated rings. The topological polar surface area (TPSA) is 46.8 Å². The van der Waals surface area contributed by atoms with Crippen LogP contribution in [0.2, 0.25) is 0 Å². The third kappa shape index (κ3) is 2.10. The third-order valence-electron chi connectivity index (χ3n) is 3.14. The maximum atomic E-state index is 13.6. The number of benzene rings is 1. The van der Waals surface area contributed by atoms with Gasteiger partial charge >= 0.3 is 0 Å². The number of imidazole rings is 1. The predicted molar refractivity (Wildman–Crippen MR) is 79.8 cm³/mol. The van der Waals surface area contributed by atoms with Gasteiger partial charge in [-0.25, -0.2) is 9.37 Å². The van der Waals surface area contributed by atoms with Crippen LogP contribution < -0.4 is 0 Å². The number of aromatic nitrogens is 3. The molecule has 0 bridgehead atoms. The summed E-state index contributed by atoms with van der Waals surface area (Å²) in [5.74, 6) is 0.978. The molecule has 0 aliphatic heterocycles. The minimum Gasteiger partial charge on any atom is -0.444 e. The Bertz CT molecular complexity index is 851. The molecule has 104 valence electrons. The van der Waals surface area contributed by atoms with Crippen LogP contribution in [-0.4, -0.2) is 14.5 Å². The molecule has 0 spiro atoms. The zero-order valence-corrected chi connectivity index (χ0v) is 13.2. The molecule has 0 saturated carbocycles. The number of nitrogens with zero attached hydrogens (tertiary/aromatic N) is 2. The average molecular weight is 356 g/mol. The Labute approximate surface area is 127 Å². The van der Waals surface area contributed by atoms with Crippen molar-refractivity contribution in [3.05, 3.63) is 45.0 Å². The van der Waals surface area contributed by atoms with E-state index >= 15 is 0 Å². The van der Waals surface area contributed by atoms with Crippen LogP contribution in [0.5, 0.6) is 0 Å². The fourth-order valence-corrected chi connectivity index (χ4v) is 2.88. The lowest BCUT2D eigenvalue weighted by Gasteiger charge is -2.11. The van der Waals surface area contributed by atoms with Crippen molar-refractivity contribution < 1.29 is 8.81 Å². The monoisotopic (exact) mass is 355 g/mol. The van der Waals surface area contributed by atoms with Crippen molar-refractivity contribution in [2.45, 2.75) is 19.9 Å². The fourth-order valence-electron chi connectivity index (χ4n) is 2.18. The van der Waals surface area contributed by atoms with Crippen molar-refractivity contribution in [1.82, 2.24) is 14.5 Å². The summed E-state index contributed by atoms with van der Waals surface area (Å²) >= 11 is 8.52. The van der Waals surface area contributed by atoms with E-state index in [-0.39, 0.29) is 11.9 Å². The molecule has 1 aromatic carbocycles. The smallest absolute Gasteiger partial charge is 0.217 e. The minimum absolute atomic E-state index is 0.178. The Hall–Kier alpha value is -1.47. The Balaban J connectivity index is 2.23. The van der Waals surface area contributed by atoms with Gasteiger partial charge in [-0.2, -0.15) is 0 Å². The van der Waals surface area contributed by atoms with E-state index in [1.54, 1.807) is 12.3 Å². The number of aryl methyl sites for hydroxylation is 1. The predicted octanol–water partition coefficient (Wildman–Crippen LogP) is 4.51. The van der Waals surface area contributed by atoms with Crippen LogP contribution in [0.4, 0.5) is 4.39 Å². The van der Waals surface area contributed by atoms with E-state index in [4.69, 9.17) is 16.6 Å². The van der Waals surface area contributed by atoms with Crippen LogP contribution in [0.1, 0.15) is 24.6 Å². The molecule has 0 saturated heterocycles. The van der Waals surface area contributed by atoms with Gasteiger partial charge in [0.15, 0.2) is 4.77 Å². The van der Waals surface area contributed by atoms with Crippen molar-refractivity contribution in [2.24, 2.45) is 0 Å². The first-order valence-electron chi connectivity index (χ1n) is 5.99. The number of hydrogen-bond donors (Lipinski definition) is 1. The van der Waals surface area contributed by atoms with Crippen molar-refractivity contribution in [3.63, 3.8) is 0 Å². The lowest BCUT2D eigenvalue weighted by molar-refractivity contribution is 0.417. The quantitative estimate of drug-likeness (QED) is 0.688. The molecule has 1 N–H and O–H groups in total. The molecule has 1 atom stereocenters. The zero-order valence-electron chi connectivity index (χ0n) is 10.8. The maximum absolute atomic E-state index is 13.6. The normalized spacial score (nSPS) is 13.0. The van der Waals surface area contributed by atoms with E-state index in [1.165, 1.54) is 6.07 Å². The van der Waals surface area contributed by atoms with Gasteiger partial charge in [0.05, 0.1) is 21.7 Å². The number of H-pyrrole nitrogens is 1. The van der Waals surface area contributed by atoms with Gasteiger partial charge in [0.2, 0.25) is 5.89 Å². The lowest BCUT2D eigenvalue weighted by atomic mass is 10.2. The molecule has 7 heteroatoms. The van der Waals surface area contributed by atoms with Gasteiger partial charge in [-0.15, -0.1) is 0 Å². The van der Waals surface area contributed by atoms with Crippen LogP contribution in [-0.2, 0) is 0 Å². The lowest BCUT2D eigenvalue weighted by Crippen LogP contribution is -2.07. The van der Waals surface area contributed by atoms with E-state index in [0.29, 0.717) is 20.7 Å². The highest BCUT2D eigenvalue weighted by molar-refractivity contribution is 9.10. The number of rotatable bonds is 2. The first kappa shape index (κ1) is 13.5. The molecule has 3 rings (SSSR count). The fraction of sp³-hybridized carbons (Fsp3) is 0.231. The van der Waals surface area contributed by atoms with Crippen molar-refractivity contribution in [3.8, 4) is 0 Å². The summed E-state index contributed by atoms with van der Waals surface area (Å²) in [6.07, 6.45) is 1.67. The van der Waals surface area contributed by atoms with E-state index < -0.39 is 0 Å². The molecule has 3 aromatic rings. The van der Waals surface area contributed by atoms with Crippen molar-refractivity contribution in [2.75, 3.05) is 0 Å². The number of fused-ring (bicyclic) bond motifs is 1. The number of oxazole rings is 1. The second kappa shape index (κ2) is 4.82. The standard InChI is InChI=1S/C13H11BrFN3OS/c1-6-5-16-12(19-6)7(2)18-11-3-8(14)9(15)4-10(11)17-13(18)20/h3-5,7H,1-2H3,(H,17,20). The van der Waals surface area contributed by atoms with Crippen LogP contribution in [0.25, 0.3) is 11.0 Å². The Morgan fingerprint density at radius 3 is 2.90 bits per heavy atom. The largest absolute Gasteiger partial charge is 0.444 e. The molecular weight excluding hydrogens is 345 g/mol. The highest BCUT2D eigenvalue weighted by atomic mass is 79.9. The maximum Gasteiger partial charge on any atom is 0.217 e. The minimum atomic E-state index is -0.333. The number of aromatic amines is 1. The summed E-state index contributed by atoms with van der Waals surface area (Å²) in [7, 11) is 0. The summed E-state index contributed by atoms with van der Waals surface area (Å²) in [5, 5.41) is 0. The van der Waals surface area contributed by atoms with Gasteiger partial charge in [-0.05, 0) is 48.1 Å². The second-order valence-corrected chi connectivity index (χ2v) is 5.81. The highest BCUT2D eigenvalue weighted by Gasteiger charge is 2.18. The molecule has 2 aromatic heterocycles. The summed E-state index contributed by atoms with van der Waals surface area (Å²) in [5.41, 5.74) is 1.44. The molecule has 4 nitrogen and oxygen atoms in total. The Morgan fingerprint density at radius 2 is 2.25 bits per heavy atom. The third-order valence-corrected chi connectivity index (χ3v) is 4.05. The van der Waals surface area contributed by atoms with E-state index in [2.05, 4.69) is 25.9 Å². The summed E-state index contributed by atoms with van der Waals surface area (Å²) in [4.78, 5) is 7.23. The Morgan fingerprint density at radius 1 is 1.50 bits per heavy atom. The van der Waals surface area contributed by atoms with Gasteiger partial charge in [0.25, 0.3) is 0 Å². The van der Waals surface area contributed by atoms with Crippen LogP contribution in [0, 0.1) is 17.5 Å². The van der Waals surface area contributed by atoms with Crippen LogP contribution >= 0.6 is 28.1 Å². The van der Waals surface area contributed by atoms with Crippen LogP contribution in [0.15, 0.2) is 27.2 Å². The average Bonchev–Trinajstić information content (AvgIpc) is 2.93. The second-order valence-electron chi connectivity index (χ2n) is 4.57. The van der Waals surface area contributed by atoms with Crippen LogP contribution in [0.3, 0.4) is 0 Å². The van der Waals surface area contributed by atoms with Crippen molar-refractivity contribution in [1.29, 1.82) is 0 Å². The molecule has 0 aliphatic carbocycles. The number of halogens is 2. The van der Waals surface area contributed by atoms with E-state index in [0.717, 1.165) is 11.3 Å². The summed E-state index contributed by atoms with van der Waals surface area (Å²) in [6.45, 7) is 3.77. The van der Waals surface area contributed by atoms with Gasteiger partial charge < -0.3 is 14.0 Å². The van der Waals surface area contributed by atoms with Gasteiger partial charge in [0, 0.05) is 6.07 Å². The first-order valence-corrected chi connectivity index (χ1v) is 7.19. The molecule has 2 heterocycles. The molecular formula is C13H11BrFN3OS. The summed E-state index contributed by atoms with van der Waals surface area (Å²) in [6, 6.07) is 2.94. The summed E-state index contributed by atoms with van der Waals surface area (Å²) < 4.78 is 21.9. The highest BCUT2D eigenvalue weighted by Crippen LogP contribution is 2.28. The Kier molecular flexibility index (Phi) is 3.25. The first-order chi connectivity index (χ1) is 9.47. The molecule has 0 radical (unpaired) electrons. The van der Waals surface area contributed by atoms with Gasteiger partial charge in [-0.3, -0.25) is 0 Å². The molecule has 1 unspecified atom stereocenters. The molecule has 0 amide bonds. The number of hydrogen-bond acceptors (Lipinski definition) is 3. The zero-order chi connectivity index (χ0) is 14.4. The van der Waals surface area contributed by atoms with Gasteiger partial charge in [0.1, 0.15) is 17.6 Å². The number of nitrogens with one attached hydrogen (secondary N) is 1. The SMILES string of the molecule is Cc1cnc(C(C)n2c(=S)[nH]c3cc(F)c(Br)cc32)o1. The molecule has 20 heavy (non-hydrogen) atoms. The van der Waals surface area contributed by atoms with E-state index in [1.807, 2.05) is 18.4 Å². The van der Waals surface area contributed by atoms with E-state index in [9.17, 15) is 4.39 Å². The van der Waals surface area contributed by atoms with Crippen molar-refractivity contribution >= 4 is 39.2 Å². The molecule has 0 aliphatic rings. The van der Waals surface area contributed by atoms with Gasteiger partial charge in [-0.1, -0.05) is 0 Å².